The molecule has 78 valence electrons. The second kappa shape index (κ2) is 4.66. The number of sulfonamides is 1. The van der Waals surface area contributed by atoms with Crippen molar-refractivity contribution >= 4 is 22.7 Å². The molecule has 1 heterocycles. The number of nitrogens with zero attached hydrogens (tertiary/aromatic N) is 1. The van der Waals surface area contributed by atoms with Crippen molar-refractivity contribution in [2.24, 2.45) is 0 Å². The predicted octanol–water partition coefficient (Wildman–Crippen LogP) is 1.12. The van der Waals surface area contributed by atoms with Gasteiger partial charge in [-0.05, 0) is 19.8 Å². The molecule has 1 unspecified atom stereocenters. The van der Waals surface area contributed by atoms with Crippen LogP contribution in [0.1, 0.15) is 26.2 Å². The molecule has 0 aromatic carbocycles. The first-order valence-corrected chi connectivity index (χ1v) is 6.84. The first-order chi connectivity index (χ1) is 6.06. The Balaban J connectivity index is 2.68. The first kappa shape index (κ1) is 11.3. The summed E-state index contributed by atoms with van der Waals surface area (Å²) >= 11 is 4.35. The van der Waals surface area contributed by atoms with Crippen LogP contribution in [0.5, 0.6) is 0 Å². The Hall–Kier alpha value is 0.260. The summed E-state index contributed by atoms with van der Waals surface area (Å²) in [5, 5.41) is 0.212. The number of hydrogen-bond donors (Lipinski definition) is 1. The third-order valence-corrected chi connectivity index (χ3v) is 4.64. The molecule has 1 saturated heterocycles. The molecule has 0 N–H and O–H groups in total. The van der Waals surface area contributed by atoms with Crippen LogP contribution in [0.25, 0.3) is 0 Å². The maximum atomic E-state index is 11.5. The minimum Gasteiger partial charge on any atom is -0.212 e. The fourth-order valence-corrected chi connectivity index (χ4v) is 3.19. The van der Waals surface area contributed by atoms with Crippen molar-refractivity contribution in [3.63, 3.8) is 0 Å². The van der Waals surface area contributed by atoms with E-state index < -0.39 is 10.0 Å². The van der Waals surface area contributed by atoms with Gasteiger partial charge in [-0.3, -0.25) is 0 Å². The predicted molar refractivity (Wildman–Crippen MR) is 57.7 cm³/mol. The van der Waals surface area contributed by atoms with Crippen LogP contribution in [0.3, 0.4) is 0 Å². The van der Waals surface area contributed by atoms with E-state index in [1.54, 1.807) is 11.2 Å². The van der Waals surface area contributed by atoms with Gasteiger partial charge >= 0.3 is 0 Å². The van der Waals surface area contributed by atoms with E-state index in [4.69, 9.17) is 0 Å². The van der Waals surface area contributed by atoms with Gasteiger partial charge in [0.1, 0.15) is 0 Å². The smallest absolute Gasteiger partial charge is 0.212 e. The monoisotopic (exact) mass is 223 g/mol. The molecule has 1 aliphatic rings. The zero-order valence-electron chi connectivity index (χ0n) is 7.94. The van der Waals surface area contributed by atoms with Crippen molar-refractivity contribution in [3.05, 3.63) is 0 Å². The summed E-state index contributed by atoms with van der Waals surface area (Å²) in [4.78, 5) is 0. The summed E-state index contributed by atoms with van der Waals surface area (Å²) in [6, 6.07) is 0. The average Bonchev–Trinajstić information content (AvgIpc) is 2.30. The lowest BCUT2D eigenvalue weighted by Crippen LogP contribution is -2.36. The summed E-state index contributed by atoms with van der Waals surface area (Å²) in [6.07, 6.45) is 3.08. The molecule has 1 fully saturated rings. The second-order valence-electron chi connectivity index (χ2n) is 3.41. The van der Waals surface area contributed by atoms with Crippen LogP contribution in [0, 0.1) is 0 Å². The Bertz CT molecular complexity index is 251. The highest BCUT2D eigenvalue weighted by atomic mass is 32.2. The summed E-state index contributed by atoms with van der Waals surface area (Å²) < 4.78 is 24.7. The molecule has 0 spiro atoms. The summed E-state index contributed by atoms with van der Waals surface area (Å²) in [5.41, 5.74) is 0. The Kier molecular flexibility index (Phi) is 4.06. The van der Waals surface area contributed by atoms with Crippen LogP contribution in [0.15, 0.2) is 0 Å². The maximum absolute atomic E-state index is 11.5. The lowest BCUT2D eigenvalue weighted by atomic mass is 10.2. The molecule has 0 aliphatic carbocycles. The highest BCUT2D eigenvalue weighted by Crippen LogP contribution is 2.17. The Morgan fingerprint density at radius 3 is 2.77 bits per heavy atom. The van der Waals surface area contributed by atoms with Crippen LogP contribution >= 0.6 is 12.6 Å². The molecule has 0 radical (unpaired) electrons. The maximum Gasteiger partial charge on any atom is 0.213 e. The van der Waals surface area contributed by atoms with Crippen LogP contribution in [-0.4, -0.2) is 36.8 Å². The zero-order chi connectivity index (χ0) is 9.90. The summed E-state index contributed by atoms with van der Waals surface area (Å²) in [7, 11) is -2.99. The molecule has 13 heavy (non-hydrogen) atoms. The molecule has 0 aromatic heterocycles. The third-order valence-electron chi connectivity index (χ3n) is 2.37. The number of rotatable bonds is 2. The Morgan fingerprint density at radius 1 is 1.46 bits per heavy atom. The SMILES string of the molecule is CCS(=O)(=O)N1CCCCC(S)C1. The van der Waals surface area contributed by atoms with E-state index in [-0.39, 0.29) is 11.0 Å². The van der Waals surface area contributed by atoms with Gasteiger partial charge < -0.3 is 0 Å². The Labute approximate surface area is 86.0 Å². The number of thiol groups is 1. The van der Waals surface area contributed by atoms with Crippen molar-refractivity contribution in [2.75, 3.05) is 18.8 Å². The zero-order valence-corrected chi connectivity index (χ0v) is 9.65. The van der Waals surface area contributed by atoms with Gasteiger partial charge in [0.25, 0.3) is 0 Å². The van der Waals surface area contributed by atoms with Gasteiger partial charge in [0, 0.05) is 18.3 Å². The van der Waals surface area contributed by atoms with E-state index in [0.717, 1.165) is 19.3 Å². The van der Waals surface area contributed by atoms with E-state index in [1.807, 2.05) is 0 Å². The number of hydrogen-bond acceptors (Lipinski definition) is 3. The van der Waals surface area contributed by atoms with Gasteiger partial charge in [-0.25, -0.2) is 12.7 Å². The van der Waals surface area contributed by atoms with E-state index in [9.17, 15) is 8.42 Å². The Morgan fingerprint density at radius 2 is 2.15 bits per heavy atom. The van der Waals surface area contributed by atoms with Gasteiger partial charge in [0.2, 0.25) is 10.0 Å². The van der Waals surface area contributed by atoms with E-state index in [1.165, 1.54) is 0 Å². The highest BCUT2D eigenvalue weighted by molar-refractivity contribution is 7.89. The molecule has 1 rings (SSSR count). The molecule has 0 amide bonds. The molecule has 1 aliphatic heterocycles. The lowest BCUT2D eigenvalue weighted by molar-refractivity contribution is 0.428. The molecule has 3 nitrogen and oxygen atoms in total. The van der Waals surface area contributed by atoms with Crippen LogP contribution < -0.4 is 0 Å². The van der Waals surface area contributed by atoms with Crippen molar-refractivity contribution in [2.45, 2.75) is 31.4 Å². The fraction of sp³-hybridized carbons (Fsp3) is 1.00. The van der Waals surface area contributed by atoms with Crippen molar-refractivity contribution in [1.82, 2.24) is 4.31 Å². The summed E-state index contributed by atoms with van der Waals surface area (Å²) in [5.74, 6) is 0.202. The molecule has 0 bridgehead atoms. The molecule has 1 atom stereocenters. The standard InChI is InChI=1S/C8H17NO2S2/c1-2-13(10,11)9-6-4-3-5-8(12)7-9/h8,12H,2-7H2,1H3. The van der Waals surface area contributed by atoms with Gasteiger partial charge in [-0.2, -0.15) is 12.6 Å². The van der Waals surface area contributed by atoms with Crippen molar-refractivity contribution in [3.8, 4) is 0 Å². The normalized spacial score (nSPS) is 27.1. The minimum atomic E-state index is -2.99. The van der Waals surface area contributed by atoms with Crippen LogP contribution in [-0.2, 0) is 10.0 Å². The average molecular weight is 223 g/mol. The van der Waals surface area contributed by atoms with Gasteiger partial charge in [-0.1, -0.05) is 6.42 Å². The fourth-order valence-electron chi connectivity index (χ4n) is 1.52. The molecular formula is C8H17NO2S2. The molecular weight excluding hydrogens is 206 g/mol. The van der Waals surface area contributed by atoms with E-state index in [2.05, 4.69) is 12.6 Å². The van der Waals surface area contributed by atoms with Gasteiger partial charge in [0.05, 0.1) is 5.75 Å². The topological polar surface area (TPSA) is 37.4 Å². The molecule has 0 saturated carbocycles. The van der Waals surface area contributed by atoms with Crippen LogP contribution in [0.2, 0.25) is 0 Å². The first-order valence-electron chi connectivity index (χ1n) is 4.72. The van der Waals surface area contributed by atoms with E-state index in [0.29, 0.717) is 13.1 Å². The quantitative estimate of drug-likeness (QED) is 0.712. The third kappa shape index (κ3) is 3.14. The summed E-state index contributed by atoms with van der Waals surface area (Å²) in [6.45, 7) is 2.94. The lowest BCUT2D eigenvalue weighted by Gasteiger charge is -2.20. The van der Waals surface area contributed by atoms with Crippen molar-refractivity contribution in [1.29, 1.82) is 0 Å². The second-order valence-corrected chi connectivity index (χ2v) is 6.40. The molecule has 5 heteroatoms. The van der Waals surface area contributed by atoms with Gasteiger partial charge in [-0.15, -0.1) is 0 Å². The van der Waals surface area contributed by atoms with E-state index >= 15 is 0 Å². The van der Waals surface area contributed by atoms with Gasteiger partial charge in [0.15, 0.2) is 0 Å². The van der Waals surface area contributed by atoms with Crippen molar-refractivity contribution < 1.29 is 8.42 Å². The molecule has 0 aromatic rings. The minimum absolute atomic E-state index is 0.202. The highest BCUT2D eigenvalue weighted by Gasteiger charge is 2.24. The largest absolute Gasteiger partial charge is 0.213 e. The van der Waals surface area contributed by atoms with Crippen LogP contribution in [0.4, 0.5) is 0 Å².